The summed E-state index contributed by atoms with van der Waals surface area (Å²) in [7, 11) is 0. The second-order valence-corrected chi connectivity index (χ2v) is 9.38. The molecule has 1 aromatic rings. The van der Waals surface area contributed by atoms with Crippen LogP contribution in [0.4, 0.5) is 0 Å². The van der Waals surface area contributed by atoms with Crippen molar-refractivity contribution in [3.8, 4) is 0 Å². The van der Waals surface area contributed by atoms with Gasteiger partial charge in [0, 0.05) is 37.5 Å². The molecule has 1 aliphatic rings. The first kappa shape index (κ1) is 23.3. The number of carboxylic acid groups (broad SMARTS) is 1. The fourth-order valence-electron chi connectivity index (χ4n) is 3.65. The molecule has 0 saturated carbocycles. The normalized spacial score (nSPS) is 23.6. The molecule has 2 heterocycles. The largest absolute Gasteiger partial charge is 0.480 e. The maximum Gasteiger partial charge on any atom is 0.324 e. The van der Waals surface area contributed by atoms with Gasteiger partial charge in [0.15, 0.2) is 0 Å². The van der Waals surface area contributed by atoms with E-state index in [1.165, 1.54) is 18.3 Å². The molecule has 1 aliphatic heterocycles. The highest BCUT2D eigenvalue weighted by Gasteiger charge is 2.51. The van der Waals surface area contributed by atoms with Crippen LogP contribution in [0.5, 0.6) is 0 Å². The van der Waals surface area contributed by atoms with Crippen molar-refractivity contribution in [2.45, 2.75) is 71.1 Å². The first-order valence-corrected chi connectivity index (χ1v) is 10.8. The minimum absolute atomic E-state index is 0.0146. The second kappa shape index (κ2) is 9.67. The highest BCUT2D eigenvalue weighted by molar-refractivity contribution is 7.09. The van der Waals surface area contributed by atoms with Crippen molar-refractivity contribution >= 4 is 29.2 Å². The van der Waals surface area contributed by atoms with E-state index in [9.17, 15) is 19.5 Å². The molecule has 4 unspecified atom stereocenters. The molecule has 1 aromatic heterocycles. The molecule has 2 N–H and O–H groups in total. The number of rotatable bonds is 8. The van der Waals surface area contributed by atoms with E-state index < -0.39 is 29.6 Å². The van der Waals surface area contributed by atoms with Crippen LogP contribution < -0.4 is 5.32 Å². The molecule has 29 heavy (non-hydrogen) atoms. The van der Waals surface area contributed by atoms with Crippen LogP contribution in [0.3, 0.4) is 0 Å². The maximum absolute atomic E-state index is 13.1. The van der Waals surface area contributed by atoms with Crippen LogP contribution in [0.2, 0.25) is 0 Å². The predicted octanol–water partition coefficient (Wildman–Crippen LogP) is 2.26. The van der Waals surface area contributed by atoms with Gasteiger partial charge in [0.05, 0.1) is 5.01 Å². The fraction of sp³-hybridized carbons (Fsp3) is 0.700. The second-order valence-electron chi connectivity index (χ2n) is 8.45. The van der Waals surface area contributed by atoms with Gasteiger partial charge in [-0.15, -0.1) is 11.3 Å². The number of amides is 1. The van der Waals surface area contributed by atoms with Gasteiger partial charge in [0.1, 0.15) is 17.7 Å². The van der Waals surface area contributed by atoms with Crippen LogP contribution in [-0.4, -0.2) is 63.6 Å². The molecule has 162 valence electrons. The van der Waals surface area contributed by atoms with Gasteiger partial charge in [-0.25, -0.2) is 4.98 Å². The Morgan fingerprint density at radius 1 is 1.41 bits per heavy atom. The number of ether oxygens (including phenoxy) is 1. The van der Waals surface area contributed by atoms with E-state index in [-0.39, 0.29) is 17.7 Å². The Balaban J connectivity index is 2.35. The van der Waals surface area contributed by atoms with E-state index in [0.717, 1.165) is 11.4 Å². The lowest BCUT2D eigenvalue weighted by Crippen LogP contribution is -2.50. The summed E-state index contributed by atoms with van der Waals surface area (Å²) < 4.78 is 5.66. The molecule has 0 spiro atoms. The topological polar surface area (TPSA) is 109 Å². The third kappa shape index (κ3) is 6.24. The smallest absolute Gasteiger partial charge is 0.324 e. The standard InChI is InChI=1S/C20H31N3O5S/c1-6-13(10-22-12(2)24)11-23-15(18(25)26)9-14(17-21-7-8-29-17)16(23)19(27)28-20(3,4)5/h7-8,13-16H,6,9-11H2,1-5H3,(H,22,24)(H,25,26). The van der Waals surface area contributed by atoms with Gasteiger partial charge in [0.2, 0.25) is 5.91 Å². The zero-order chi connectivity index (χ0) is 21.8. The Morgan fingerprint density at radius 2 is 2.10 bits per heavy atom. The van der Waals surface area contributed by atoms with E-state index in [0.29, 0.717) is 19.5 Å². The highest BCUT2D eigenvalue weighted by atomic mass is 32.1. The molecule has 1 fully saturated rings. The van der Waals surface area contributed by atoms with Crippen molar-refractivity contribution in [1.82, 2.24) is 15.2 Å². The molecule has 4 atom stereocenters. The van der Waals surface area contributed by atoms with Gasteiger partial charge in [-0.2, -0.15) is 0 Å². The number of hydrogen-bond donors (Lipinski definition) is 2. The van der Waals surface area contributed by atoms with Crippen molar-refractivity contribution in [1.29, 1.82) is 0 Å². The summed E-state index contributed by atoms with van der Waals surface area (Å²) in [6.07, 6.45) is 2.70. The lowest BCUT2D eigenvalue weighted by molar-refractivity contribution is -0.162. The number of thiazole rings is 1. The van der Waals surface area contributed by atoms with E-state index in [1.807, 2.05) is 12.3 Å². The molecule has 1 saturated heterocycles. The van der Waals surface area contributed by atoms with E-state index >= 15 is 0 Å². The molecule has 9 heteroatoms. The van der Waals surface area contributed by atoms with E-state index in [2.05, 4.69) is 10.3 Å². The maximum atomic E-state index is 13.1. The summed E-state index contributed by atoms with van der Waals surface area (Å²) in [5, 5.41) is 15.2. The number of carbonyl (C=O) groups excluding carboxylic acids is 2. The SMILES string of the molecule is CCC(CNC(C)=O)CN1C(C(=O)O)CC(c2nccs2)C1C(=O)OC(C)(C)C. The Hall–Kier alpha value is -2.00. The molecule has 1 amide bonds. The molecule has 2 rings (SSSR count). The van der Waals surface area contributed by atoms with Gasteiger partial charge < -0.3 is 15.2 Å². The summed E-state index contributed by atoms with van der Waals surface area (Å²) in [5.41, 5.74) is -0.683. The van der Waals surface area contributed by atoms with Gasteiger partial charge in [-0.05, 0) is 33.1 Å². The zero-order valence-corrected chi connectivity index (χ0v) is 18.5. The number of carbonyl (C=O) groups is 3. The minimum Gasteiger partial charge on any atom is -0.480 e. The minimum atomic E-state index is -0.966. The number of hydrogen-bond acceptors (Lipinski definition) is 7. The summed E-state index contributed by atoms with van der Waals surface area (Å²) in [6.45, 7) is 9.62. The van der Waals surface area contributed by atoms with Crippen LogP contribution >= 0.6 is 11.3 Å². The van der Waals surface area contributed by atoms with E-state index in [4.69, 9.17) is 4.74 Å². The fourth-order valence-corrected chi connectivity index (χ4v) is 4.44. The number of esters is 1. The monoisotopic (exact) mass is 425 g/mol. The molecule has 0 aromatic carbocycles. The Labute approximate surface area is 175 Å². The number of aliphatic carboxylic acids is 1. The highest BCUT2D eigenvalue weighted by Crippen LogP contribution is 2.40. The third-order valence-electron chi connectivity index (χ3n) is 5.00. The van der Waals surface area contributed by atoms with Gasteiger partial charge >= 0.3 is 11.9 Å². The third-order valence-corrected chi connectivity index (χ3v) is 5.91. The zero-order valence-electron chi connectivity index (χ0n) is 17.7. The molecule has 8 nitrogen and oxygen atoms in total. The summed E-state index contributed by atoms with van der Waals surface area (Å²) in [5.74, 6) is -1.86. The predicted molar refractivity (Wildman–Crippen MR) is 110 cm³/mol. The van der Waals surface area contributed by atoms with E-state index in [1.54, 1.807) is 31.9 Å². The van der Waals surface area contributed by atoms with Crippen LogP contribution in [0.25, 0.3) is 0 Å². The lowest BCUT2D eigenvalue weighted by atomic mass is 9.99. The number of nitrogens with zero attached hydrogens (tertiary/aromatic N) is 2. The van der Waals surface area contributed by atoms with Crippen LogP contribution in [0.1, 0.15) is 58.4 Å². The average Bonchev–Trinajstić information content (AvgIpc) is 3.24. The van der Waals surface area contributed by atoms with Gasteiger partial charge in [-0.3, -0.25) is 19.3 Å². The molecule has 0 aliphatic carbocycles. The Kier molecular flexibility index (Phi) is 7.76. The molecular formula is C20H31N3O5S. The molecule has 0 radical (unpaired) electrons. The number of likely N-dealkylation sites (tertiary alicyclic amines) is 1. The Morgan fingerprint density at radius 3 is 2.59 bits per heavy atom. The van der Waals surface area contributed by atoms with Crippen molar-refractivity contribution in [3.05, 3.63) is 16.6 Å². The number of aromatic nitrogens is 1. The first-order valence-electron chi connectivity index (χ1n) is 9.88. The summed E-state index contributed by atoms with van der Waals surface area (Å²) in [6, 6.07) is -1.54. The number of carboxylic acids is 1. The molecular weight excluding hydrogens is 394 g/mol. The average molecular weight is 426 g/mol. The van der Waals surface area contributed by atoms with Crippen LogP contribution in [0, 0.1) is 5.92 Å². The molecule has 0 bridgehead atoms. The first-order chi connectivity index (χ1) is 13.5. The van der Waals surface area contributed by atoms with Gasteiger partial charge in [-0.1, -0.05) is 13.3 Å². The lowest BCUT2D eigenvalue weighted by Gasteiger charge is -2.33. The quantitative estimate of drug-likeness (QED) is 0.615. The summed E-state index contributed by atoms with van der Waals surface area (Å²) in [4.78, 5) is 42.6. The van der Waals surface area contributed by atoms with Crippen molar-refractivity contribution in [3.63, 3.8) is 0 Å². The van der Waals surface area contributed by atoms with Crippen molar-refractivity contribution in [2.24, 2.45) is 5.92 Å². The van der Waals surface area contributed by atoms with Crippen molar-refractivity contribution < 1.29 is 24.2 Å². The van der Waals surface area contributed by atoms with Crippen LogP contribution in [-0.2, 0) is 19.1 Å². The number of nitrogens with one attached hydrogen (secondary N) is 1. The van der Waals surface area contributed by atoms with Crippen LogP contribution in [0.15, 0.2) is 11.6 Å². The van der Waals surface area contributed by atoms with Gasteiger partial charge in [0.25, 0.3) is 0 Å². The van der Waals surface area contributed by atoms with Crippen molar-refractivity contribution in [2.75, 3.05) is 13.1 Å². The summed E-state index contributed by atoms with van der Waals surface area (Å²) >= 11 is 1.42. The Bertz CT molecular complexity index is 716.